The minimum Gasteiger partial charge on any atom is -0.477 e. The molecule has 1 atom stereocenters. The lowest BCUT2D eigenvalue weighted by molar-refractivity contribution is 0.0511. The number of aromatic nitrogens is 2. The van der Waals surface area contributed by atoms with Gasteiger partial charge in [0.1, 0.15) is 5.60 Å². The molecule has 0 radical (unpaired) electrons. The largest absolute Gasteiger partial charge is 0.477 e. The summed E-state index contributed by atoms with van der Waals surface area (Å²) in [6.45, 7) is 6.18. The fourth-order valence-corrected chi connectivity index (χ4v) is 3.58. The summed E-state index contributed by atoms with van der Waals surface area (Å²) in [4.78, 5) is 11.9. The topological polar surface area (TPSA) is 53.4 Å². The second kappa shape index (κ2) is 5.60. The molecule has 22 heavy (non-hydrogen) atoms. The molecule has 0 N–H and O–H groups in total. The fourth-order valence-electron chi connectivity index (χ4n) is 3.58. The van der Waals surface area contributed by atoms with Gasteiger partial charge in [0.15, 0.2) is 0 Å². The Hall–Kier alpha value is -1.52. The van der Waals surface area contributed by atoms with Crippen LogP contribution in [-0.4, -0.2) is 28.1 Å². The van der Waals surface area contributed by atoms with Gasteiger partial charge >= 0.3 is 6.09 Å². The van der Waals surface area contributed by atoms with Gasteiger partial charge < -0.3 is 9.47 Å². The molecule has 0 bridgehead atoms. The van der Waals surface area contributed by atoms with Gasteiger partial charge in [0.05, 0.1) is 6.61 Å². The summed E-state index contributed by atoms with van der Waals surface area (Å²) in [6.07, 6.45) is 9.14. The van der Waals surface area contributed by atoms with Crippen molar-refractivity contribution in [2.75, 3.05) is 6.61 Å². The van der Waals surface area contributed by atoms with Crippen LogP contribution in [0.5, 0.6) is 5.88 Å². The van der Waals surface area contributed by atoms with Crippen LogP contribution in [0.25, 0.3) is 0 Å². The Bertz CT molecular complexity index is 540. The molecule has 1 aromatic heterocycles. The second-order valence-corrected chi connectivity index (χ2v) is 7.67. The monoisotopic (exact) mass is 306 g/mol. The van der Waals surface area contributed by atoms with Gasteiger partial charge in [-0.3, -0.25) is 0 Å². The fraction of sp³-hybridized carbons (Fsp3) is 0.765. The minimum atomic E-state index is -0.523. The first-order chi connectivity index (χ1) is 10.4. The quantitative estimate of drug-likeness (QED) is 0.843. The zero-order valence-corrected chi connectivity index (χ0v) is 13.8. The highest BCUT2D eigenvalue weighted by molar-refractivity contribution is 5.69. The van der Waals surface area contributed by atoms with Crippen LogP contribution in [0.15, 0.2) is 12.3 Å². The molecule has 1 aromatic rings. The average Bonchev–Trinajstić information content (AvgIpc) is 2.87. The second-order valence-electron chi connectivity index (χ2n) is 7.67. The molecule has 0 aliphatic heterocycles. The van der Waals surface area contributed by atoms with E-state index >= 15 is 0 Å². The molecule has 1 spiro atoms. The molecule has 2 fully saturated rings. The number of ether oxygens (including phenoxy) is 2. The molecular formula is C17H26N2O3. The van der Waals surface area contributed by atoms with Crippen molar-refractivity contribution < 1.29 is 14.3 Å². The summed E-state index contributed by atoms with van der Waals surface area (Å²) in [5, 5.41) is 4.13. The van der Waals surface area contributed by atoms with E-state index in [0.717, 1.165) is 12.3 Å². The van der Waals surface area contributed by atoms with Gasteiger partial charge in [-0.05, 0) is 64.2 Å². The molecule has 0 aromatic carbocycles. The van der Waals surface area contributed by atoms with Gasteiger partial charge in [0, 0.05) is 12.3 Å². The molecule has 0 saturated heterocycles. The van der Waals surface area contributed by atoms with Crippen LogP contribution in [0, 0.1) is 11.3 Å². The zero-order chi connectivity index (χ0) is 15.8. The maximum atomic E-state index is 11.9. The normalized spacial score (nSPS) is 22.8. The Balaban J connectivity index is 1.47. The Morgan fingerprint density at radius 1 is 1.41 bits per heavy atom. The van der Waals surface area contributed by atoms with E-state index in [0.29, 0.717) is 17.9 Å². The first-order valence-electron chi connectivity index (χ1n) is 8.30. The van der Waals surface area contributed by atoms with Gasteiger partial charge in [0.25, 0.3) is 0 Å². The van der Waals surface area contributed by atoms with Crippen LogP contribution in [-0.2, 0) is 4.74 Å². The van der Waals surface area contributed by atoms with E-state index in [4.69, 9.17) is 9.47 Å². The molecule has 1 unspecified atom stereocenters. The molecule has 122 valence electrons. The summed E-state index contributed by atoms with van der Waals surface area (Å²) in [6, 6.07) is 1.71. The number of carbonyl (C=O) groups excluding carboxylic acids is 1. The Labute approximate surface area is 132 Å². The first-order valence-corrected chi connectivity index (χ1v) is 8.30. The van der Waals surface area contributed by atoms with Gasteiger partial charge in [0.2, 0.25) is 5.88 Å². The van der Waals surface area contributed by atoms with Crippen molar-refractivity contribution in [2.45, 2.75) is 64.9 Å². The standard InChI is InChI=1S/C17H26N2O3/c1-16(2,3)22-15(20)19-11-6-14(18-19)21-12-7-13-5-4-8-17(13)9-10-17/h6,11,13H,4-5,7-10,12H2,1-3H3. The van der Waals surface area contributed by atoms with Crippen molar-refractivity contribution in [2.24, 2.45) is 11.3 Å². The molecule has 0 amide bonds. The lowest BCUT2D eigenvalue weighted by Gasteiger charge is -2.18. The predicted octanol–water partition coefficient (Wildman–Crippen LogP) is 4.02. The Morgan fingerprint density at radius 2 is 2.18 bits per heavy atom. The SMILES string of the molecule is CC(C)(C)OC(=O)n1ccc(OCCC2CCCC23CC3)n1. The van der Waals surface area contributed by atoms with Crippen LogP contribution in [0.4, 0.5) is 4.79 Å². The molecule has 3 rings (SSSR count). The third-order valence-electron chi connectivity index (χ3n) is 4.85. The highest BCUT2D eigenvalue weighted by atomic mass is 16.6. The van der Waals surface area contributed by atoms with E-state index in [1.165, 1.54) is 36.8 Å². The first kappa shape index (κ1) is 15.4. The molecule has 1 heterocycles. The molecule has 2 saturated carbocycles. The third kappa shape index (κ3) is 3.45. The van der Waals surface area contributed by atoms with E-state index in [1.807, 2.05) is 20.8 Å². The van der Waals surface area contributed by atoms with E-state index in [-0.39, 0.29) is 0 Å². The third-order valence-corrected chi connectivity index (χ3v) is 4.85. The predicted molar refractivity (Wildman–Crippen MR) is 83.0 cm³/mol. The molecule has 5 nitrogen and oxygen atoms in total. The highest BCUT2D eigenvalue weighted by Gasteiger charge is 2.51. The Kier molecular flexibility index (Phi) is 3.91. The van der Waals surface area contributed by atoms with E-state index < -0.39 is 11.7 Å². The van der Waals surface area contributed by atoms with E-state index in [1.54, 1.807) is 12.3 Å². The van der Waals surface area contributed by atoms with Crippen molar-refractivity contribution in [1.29, 1.82) is 0 Å². The smallest absolute Gasteiger partial charge is 0.435 e. The molecule has 2 aliphatic rings. The number of hydrogen-bond donors (Lipinski definition) is 0. The van der Waals surface area contributed by atoms with E-state index in [9.17, 15) is 4.79 Å². The molecule has 2 aliphatic carbocycles. The minimum absolute atomic E-state index is 0.477. The number of nitrogens with zero attached hydrogens (tertiary/aromatic N) is 2. The van der Waals surface area contributed by atoms with Gasteiger partial charge in [-0.2, -0.15) is 4.68 Å². The highest BCUT2D eigenvalue weighted by Crippen LogP contribution is 2.62. The number of rotatable bonds is 4. The lowest BCUT2D eigenvalue weighted by Crippen LogP contribution is -2.27. The Morgan fingerprint density at radius 3 is 2.86 bits per heavy atom. The van der Waals surface area contributed by atoms with E-state index in [2.05, 4.69) is 5.10 Å². The van der Waals surface area contributed by atoms with Crippen LogP contribution in [0.2, 0.25) is 0 Å². The van der Waals surface area contributed by atoms with Crippen molar-refractivity contribution in [1.82, 2.24) is 9.78 Å². The van der Waals surface area contributed by atoms with Crippen molar-refractivity contribution in [3.05, 3.63) is 12.3 Å². The van der Waals surface area contributed by atoms with Crippen molar-refractivity contribution >= 4 is 6.09 Å². The van der Waals surface area contributed by atoms with Gasteiger partial charge in [-0.15, -0.1) is 5.10 Å². The van der Waals surface area contributed by atoms with Gasteiger partial charge in [-0.25, -0.2) is 4.79 Å². The molecular weight excluding hydrogens is 280 g/mol. The van der Waals surface area contributed by atoms with Crippen molar-refractivity contribution in [3.8, 4) is 5.88 Å². The number of carbonyl (C=O) groups is 1. The maximum absolute atomic E-state index is 11.9. The summed E-state index contributed by atoms with van der Waals surface area (Å²) < 4.78 is 12.2. The summed E-state index contributed by atoms with van der Waals surface area (Å²) in [5.74, 6) is 1.31. The summed E-state index contributed by atoms with van der Waals surface area (Å²) in [7, 11) is 0. The van der Waals surface area contributed by atoms with Crippen molar-refractivity contribution in [3.63, 3.8) is 0 Å². The molecule has 5 heteroatoms. The van der Waals surface area contributed by atoms with Crippen LogP contribution in [0.1, 0.15) is 59.3 Å². The van der Waals surface area contributed by atoms with Gasteiger partial charge in [-0.1, -0.05) is 6.42 Å². The zero-order valence-electron chi connectivity index (χ0n) is 13.8. The summed E-state index contributed by atoms with van der Waals surface area (Å²) >= 11 is 0. The van der Waals surface area contributed by atoms with Crippen LogP contribution < -0.4 is 4.74 Å². The average molecular weight is 306 g/mol. The number of hydrogen-bond acceptors (Lipinski definition) is 4. The van der Waals surface area contributed by atoms with Crippen LogP contribution >= 0.6 is 0 Å². The van der Waals surface area contributed by atoms with Crippen LogP contribution in [0.3, 0.4) is 0 Å². The summed E-state index contributed by atoms with van der Waals surface area (Å²) in [5.41, 5.74) is 0.143. The maximum Gasteiger partial charge on any atom is 0.435 e. The lowest BCUT2D eigenvalue weighted by atomic mass is 9.90.